The van der Waals surface area contributed by atoms with Gasteiger partial charge in [0.1, 0.15) is 11.9 Å². The topological polar surface area (TPSA) is 38.8 Å². The minimum Gasteiger partial charge on any atom is -0.478 e. The largest absolute Gasteiger partial charge is 0.478 e. The maximum absolute atomic E-state index is 13.0. The van der Waals surface area contributed by atoms with Crippen LogP contribution in [0, 0.1) is 0 Å². The van der Waals surface area contributed by atoms with Gasteiger partial charge in [0.25, 0.3) is 5.91 Å². The summed E-state index contributed by atoms with van der Waals surface area (Å²) in [6, 6.07) is 17.0. The molecule has 0 radical (unpaired) electrons. The Morgan fingerprint density at radius 1 is 1.16 bits per heavy atom. The molecule has 0 N–H and O–H groups in total. The Morgan fingerprint density at radius 2 is 1.84 bits per heavy atom. The second-order valence-electron chi connectivity index (χ2n) is 6.59. The number of ether oxygens (including phenoxy) is 2. The van der Waals surface area contributed by atoms with Crippen LogP contribution in [0.15, 0.2) is 54.6 Å². The minimum absolute atomic E-state index is 0.0494. The Morgan fingerprint density at radius 3 is 2.52 bits per heavy atom. The lowest BCUT2D eigenvalue weighted by molar-refractivity contribution is -0.153. The summed E-state index contributed by atoms with van der Waals surface area (Å²) in [5, 5.41) is 0.635. The molecular weight excluding hydrogens is 338 g/mol. The molecule has 0 aromatic heterocycles. The van der Waals surface area contributed by atoms with E-state index in [-0.39, 0.29) is 12.0 Å². The van der Waals surface area contributed by atoms with Crippen molar-refractivity contribution >= 4 is 17.5 Å². The molecule has 2 aromatic carbocycles. The van der Waals surface area contributed by atoms with Gasteiger partial charge in [-0.1, -0.05) is 41.9 Å². The summed E-state index contributed by atoms with van der Waals surface area (Å²) < 4.78 is 11.8. The Kier molecular flexibility index (Phi) is 5.30. The number of morpholine rings is 1. The molecule has 2 aromatic rings. The minimum atomic E-state index is -0.966. The van der Waals surface area contributed by atoms with Gasteiger partial charge in [-0.05, 0) is 43.7 Å². The van der Waals surface area contributed by atoms with Gasteiger partial charge < -0.3 is 14.4 Å². The van der Waals surface area contributed by atoms with Crippen LogP contribution in [0.1, 0.15) is 25.5 Å². The first kappa shape index (κ1) is 17.8. The predicted molar refractivity (Wildman–Crippen MR) is 97.9 cm³/mol. The summed E-state index contributed by atoms with van der Waals surface area (Å²) in [5.74, 6) is 0.572. The van der Waals surface area contributed by atoms with Gasteiger partial charge >= 0.3 is 0 Å². The van der Waals surface area contributed by atoms with E-state index in [2.05, 4.69) is 0 Å². The van der Waals surface area contributed by atoms with Crippen molar-refractivity contribution in [2.75, 3.05) is 19.7 Å². The highest BCUT2D eigenvalue weighted by Crippen LogP contribution is 2.26. The highest BCUT2D eigenvalue weighted by atomic mass is 35.5. The first-order chi connectivity index (χ1) is 12.0. The van der Waals surface area contributed by atoms with Crippen LogP contribution >= 0.6 is 11.6 Å². The van der Waals surface area contributed by atoms with E-state index in [4.69, 9.17) is 21.1 Å². The normalized spacial score (nSPS) is 18.0. The molecular formula is C20H22ClNO3. The maximum Gasteiger partial charge on any atom is 0.266 e. The van der Waals surface area contributed by atoms with E-state index in [9.17, 15) is 4.79 Å². The molecule has 0 aliphatic carbocycles. The third-order valence-corrected chi connectivity index (χ3v) is 4.48. The molecule has 0 saturated carbocycles. The Hall–Kier alpha value is -2.04. The van der Waals surface area contributed by atoms with E-state index in [1.165, 1.54) is 0 Å². The van der Waals surface area contributed by atoms with E-state index in [1.807, 2.05) is 35.2 Å². The smallest absolute Gasteiger partial charge is 0.266 e. The lowest BCUT2D eigenvalue weighted by Gasteiger charge is -2.37. The van der Waals surface area contributed by atoms with Crippen LogP contribution in [0.25, 0.3) is 0 Å². The molecule has 1 saturated heterocycles. The molecule has 4 nitrogen and oxygen atoms in total. The summed E-state index contributed by atoms with van der Waals surface area (Å²) in [6.45, 7) is 5.18. The molecule has 1 aliphatic heterocycles. The van der Waals surface area contributed by atoms with Crippen LogP contribution in [0.3, 0.4) is 0 Å². The fourth-order valence-electron chi connectivity index (χ4n) is 2.92. The van der Waals surface area contributed by atoms with Crippen LogP contribution in [-0.4, -0.2) is 36.1 Å². The van der Waals surface area contributed by atoms with Gasteiger partial charge in [-0.25, -0.2) is 0 Å². The Bertz CT molecular complexity index is 715. The first-order valence-corrected chi connectivity index (χ1v) is 8.74. The molecule has 1 amide bonds. The summed E-state index contributed by atoms with van der Waals surface area (Å²) in [4.78, 5) is 14.8. The van der Waals surface area contributed by atoms with Gasteiger partial charge in [-0.15, -0.1) is 0 Å². The quantitative estimate of drug-likeness (QED) is 0.825. The van der Waals surface area contributed by atoms with E-state index in [0.29, 0.717) is 30.5 Å². The first-order valence-electron chi connectivity index (χ1n) is 8.36. The van der Waals surface area contributed by atoms with Gasteiger partial charge in [0.05, 0.1) is 13.2 Å². The number of carbonyl (C=O) groups excluding carboxylic acids is 1. The van der Waals surface area contributed by atoms with E-state index in [0.717, 1.165) is 5.56 Å². The Balaban J connectivity index is 1.69. The molecule has 1 fully saturated rings. The average Bonchev–Trinajstić information content (AvgIpc) is 2.64. The summed E-state index contributed by atoms with van der Waals surface area (Å²) >= 11 is 5.90. The van der Waals surface area contributed by atoms with Gasteiger partial charge in [0.15, 0.2) is 5.60 Å². The molecule has 1 heterocycles. The molecule has 0 unspecified atom stereocenters. The number of rotatable bonds is 4. The number of hydrogen-bond acceptors (Lipinski definition) is 3. The number of amides is 1. The molecule has 0 spiro atoms. The summed E-state index contributed by atoms with van der Waals surface area (Å²) in [5.41, 5.74) is 0.114. The van der Waals surface area contributed by atoms with E-state index in [1.54, 1.807) is 38.1 Å². The highest BCUT2D eigenvalue weighted by Gasteiger charge is 2.37. The molecule has 25 heavy (non-hydrogen) atoms. The summed E-state index contributed by atoms with van der Waals surface area (Å²) in [6.07, 6.45) is -0.106. The maximum atomic E-state index is 13.0. The Labute approximate surface area is 153 Å². The fourth-order valence-corrected chi connectivity index (χ4v) is 3.05. The molecule has 5 heteroatoms. The number of carbonyl (C=O) groups is 1. The van der Waals surface area contributed by atoms with Crippen molar-refractivity contribution in [1.29, 1.82) is 0 Å². The van der Waals surface area contributed by atoms with Crippen molar-refractivity contribution in [1.82, 2.24) is 4.90 Å². The lowest BCUT2D eigenvalue weighted by atomic mass is 10.0. The lowest BCUT2D eigenvalue weighted by Crippen LogP contribution is -2.53. The predicted octanol–water partition coefficient (Wildman–Crippen LogP) is 4.10. The van der Waals surface area contributed by atoms with Crippen LogP contribution in [0.4, 0.5) is 0 Å². The van der Waals surface area contributed by atoms with Crippen molar-refractivity contribution in [2.24, 2.45) is 0 Å². The number of halogens is 1. The zero-order valence-electron chi connectivity index (χ0n) is 14.4. The standard InChI is InChI=1S/C20H22ClNO3/c1-20(2,25-17-10-8-16(21)9-11-17)19(23)22-12-13-24-18(14-22)15-6-4-3-5-7-15/h3-11,18H,12-14H2,1-2H3/t18-/m0/s1. The van der Waals surface area contributed by atoms with Crippen molar-refractivity contribution in [3.8, 4) is 5.75 Å². The average molecular weight is 360 g/mol. The molecule has 3 rings (SSSR count). The van der Waals surface area contributed by atoms with Gasteiger partial charge in [0.2, 0.25) is 0 Å². The van der Waals surface area contributed by atoms with Gasteiger partial charge in [-0.2, -0.15) is 0 Å². The van der Waals surface area contributed by atoms with E-state index >= 15 is 0 Å². The van der Waals surface area contributed by atoms with Crippen molar-refractivity contribution in [2.45, 2.75) is 25.6 Å². The van der Waals surface area contributed by atoms with Gasteiger partial charge in [0, 0.05) is 11.6 Å². The second-order valence-corrected chi connectivity index (χ2v) is 7.02. The SMILES string of the molecule is CC(C)(Oc1ccc(Cl)cc1)C(=O)N1CCO[C@H](c2ccccc2)C1. The third kappa shape index (κ3) is 4.33. The molecule has 1 atom stereocenters. The molecule has 0 bridgehead atoms. The highest BCUT2D eigenvalue weighted by molar-refractivity contribution is 6.30. The van der Waals surface area contributed by atoms with Gasteiger partial charge in [-0.3, -0.25) is 4.79 Å². The summed E-state index contributed by atoms with van der Waals surface area (Å²) in [7, 11) is 0. The van der Waals surface area contributed by atoms with Crippen LogP contribution in [0.5, 0.6) is 5.75 Å². The third-order valence-electron chi connectivity index (χ3n) is 4.23. The van der Waals surface area contributed by atoms with Crippen LogP contribution in [0.2, 0.25) is 5.02 Å². The zero-order chi connectivity index (χ0) is 17.9. The monoisotopic (exact) mass is 359 g/mol. The van der Waals surface area contributed by atoms with Crippen LogP contribution in [-0.2, 0) is 9.53 Å². The molecule has 132 valence electrons. The number of nitrogens with zero attached hydrogens (tertiary/aromatic N) is 1. The van der Waals surface area contributed by atoms with Crippen molar-refractivity contribution in [3.05, 3.63) is 65.2 Å². The van der Waals surface area contributed by atoms with Crippen molar-refractivity contribution < 1.29 is 14.3 Å². The zero-order valence-corrected chi connectivity index (χ0v) is 15.2. The van der Waals surface area contributed by atoms with E-state index < -0.39 is 5.60 Å². The molecule has 1 aliphatic rings. The second kappa shape index (κ2) is 7.46. The van der Waals surface area contributed by atoms with Crippen LogP contribution < -0.4 is 4.74 Å². The van der Waals surface area contributed by atoms with Crippen molar-refractivity contribution in [3.63, 3.8) is 0 Å². The number of benzene rings is 2. The fraction of sp³-hybridized carbons (Fsp3) is 0.350. The number of hydrogen-bond donors (Lipinski definition) is 0.